The van der Waals surface area contributed by atoms with E-state index in [4.69, 9.17) is 0 Å². The highest BCUT2D eigenvalue weighted by Gasteiger charge is 2.32. The molecule has 0 heterocycles. The van der Waals surface area contributed by atoms with Crippen LogP contribution in [0, 0.1) is 0 Å². The number of ketones is 3. The summed E-state index contributed by atoms with van der Waals surface area (Å²) in [6.45, 7) is 3.80. The van der Waals surface area contributed by atoms with Gasteiger partial charge < -0.3 is 0 Å². The lowest BCUT2D eigenvalue weighted by Gasteiger charge is -2.02. The van der Waals surface area contributed by atoms with Crippen molar-refractivity contribution in [1.82, 2.24) is 0 Å². The number of hydrogen-bond acceptors (Lipinski definition) is 3. The van der Waals surface area contributed by atoms with Gasteiger partial charge in [-0.2, -0.15) is 0 Å². The van der Waals surface area contributed by atoms with Crippen molar-refractivity contribution in [2.75, 3.05) is 0 Å². The molecule has 0 spiro atoms. The molecule has 0 fully saturated rings. The van der Waals surface area contributed by atoms with Crippen molar-refractivity contribution in [3.05, 3.63) is 41.0 Å². The normalized spacial score (nSPS) is 18.0. The average molecular weight is 212 g/mol. The van der Waals surface area contributed by atoms with Crippen LogP contribution >= 0.6 is 0 Å². The Labute approximate surface area is 91.8 Å². The molecule has 0 aromatic heterocycles. The van der Waals surface area contributed by atoms with E-state index in [1.165, 1.54) is 0 Å². The fraction of sp³-hybridized carbons (Fsp3) is 0.154. The second-order valence-corrected chi connectivity index (χ2v) is 4.17. The summed E-state index contributed by atoms with van der Waals surface area (Å²) in [4.78, 5) is 34.6. The van der Waals surface area contributed by atoms with E-state index in [1.807, 2.05) is 0 Å². The standard InChI is InChI=1S/C13H8O3/c1-6-2-11(14)8-4-10-9(3-7(6)8)12(15)5-13(10)16/h3-4H,1-2,5H2. The van der Waals surface area contributed by atoms with Gasteiger partial charge in [0.05, 0.1) is 6.42 Å². The first-order chi connectivity index (χ1) is 7.58. The lowest BCUT2D eigenvalue weighted by molar-refractivity contribution is 0.0922. The van der Waals surface area contributed by atoms with E-state index in [2.05, 4.69) is 6.58 Å². The third-order valence-corrected chi connectivity index (χ3v) is 3.13. The average Bonchev–Trinajstić information content (AvgIpc) is 2.67. The highest BCUT2D eigenvalue weighted by Crippen LogP contribution is 2.35. The Morgan fingerprint density at radius 1 is 0.750 bits per heavy atom. The van der Waals surface area contributed by atoms with Crippen LogP contribution in [-0.2, 0) is 0 Å². The lowest BCUT2D eigenvalue weighted by atomic mass is 10.0. The number of benzene rings is 1. The minimum atomic E-state index is -0.187. The number of rotatable bonds is 0. The smallest absolute Gasteiger partial charge is 0.171 e. The summed E-state index contributed by atoms with van der Waals surface area (Å²) in [5.74, 6) is -0.363. The van der Waals surface area contributed by atoms with E-state index >= 15 is 0 Å². The molecule has 78 valence electrons. The van der Waals surface area contributed by atoms with Gasteiger partial charge in [0.1, 0.15) is 0 Å². The summed E-state index contributed by atoms with van der Waals surface area (Å²) < 4.78 is 0. The van der Waals surface area contributed by atoms with E-state index in [-0.39, 0.29) is 23.8 Å². The summed E-state index contributed by atoms with van der Waals surface area (Å²) in [6.07, 6.45) is 0.222. The Bertz CT molecular complexity index is 493. The van der Waals surface area contributed by atoms with E-state index in [0.717, 1.165) is 11.1 Å². The van der Waals surface area contributed by atoms with Gasteiger partial charge in [-0.25, -0.2) is 0 Å². The van der Waals surface area contributed by atoms with Gasteiger partial charge in [-0.05, 0) is 23.3 Å². The number of Topliss-reactive ketones (excluding diaryl/α,β-unsaturated/α-hetero) is 3. The van der Waals surface area contributed by atoms with E-state index < -0.39 is 0 Å². The molecule has 0 radical (unpaired) electrons. The van der Waals surface area contributed by atoms with E-state index in [0.29, 0.717) is 23.1 Å². The van der Waals surface area contributed by atoms with Gasteiger partial charge in [0.25, 0.3) is 0 Å². The highest BCUT2D eigenvalue weighted by atomic mass is 16.2. The van der Waals surface area contributed by atoms with Crippen molar-refractivity contribution in [2.45, 2.75) is 12.8 Å². The summed E-state index contributed by atoms with van der Waals surface area (Å²) in [5.41, 5.74) is 2.83. The Morgan fingerprint density at radius 3 is 1.81 bits per heavy atom. The number of carbonyl (C=O) groups excluding carboxylic acids is 3. The largest absolute Gasteiger partial charge is 0.294 e. The van der Waals surface area contributed by atoms with Crippen LogP contribution in [-0.4, -0.2) is 17.3 Å². The molecule has 0 saturated carbocycles. The first-order valence-electron chi connectivity index (χ1n) is 5.03. The quantitative estimate of drug-likeness (QED) is 0.618. The first-order valence-corrected chi connectivity index (χ1v) is 5.03. The maximum Gasteiger partial charge on any atom is 0.171 e. The van der Waals surface area contributed by atoms with Crippen LogP contribution in [0.2, 0.25) is 0 Å². The second kappa shape index (κ2) is 2.76. The van der Waals surface area contributed by atoms with Crippen LogP contribution in [0.1, 0.15) is 49.5 Å². The highest BCUT2D eigenvalue weighted by molar-refractivity contribution is 6.26. The Morgan fingerprint density at radius 2 is 1.19 bits per heavy atom. The topological polar surface area (TPSA) is 51.2 Å². The fourth-order valence-electron chi connectivity index (χ4n) is 2.30. The van der Waals surface area contributed by atoms with Gasteiger partial charge in [-0.15, -0.1) is 0 Å². The van der Waals surface area contributed by atoms with E-state index in [1.54, 1.807) is 12.1 Å². The van der Waals surface area contributed by atoms with E-state index in [9.17, 15) is 14.4 Å². The number of hydrogen-bond donors (Lipinski definition) is 0. The molecule has 0 N–H and O–H groups in total. The van der Waals surface area contributed by atoms with Gasteiger partial charge in [-0.1, -0.05) is 6.58 Å². The number of fused-ring (bicyclic) bond motifs is 2. The molecule has 0 saturated heterocycles. The lowest BCUT2D eigenvalue weighted by Crippen LogP contribution is -1.97. The molecule has 0 atom stereocenters. The fourth-order valence-corrected chi connectivity index (χ4v) is 2.30. The van der Waals surface area contributed by atoms with Crippen molar-refractivity contribution in [3.63, 3.8) is 0 Å². The maximum atomic E-state index is 11.6. The molecule has 0 aliphatic heterocycles. The minimum absolute atomic E-state index is 0.0186. The molecule has 0 bridgehead atoms. The molecule has 16 heavy (non-hydrogen) atoms. The van der Waals surface area contributed by atoms with Gasteiger partial charge in [-0.3, -0.25) is 14.4 Å². The minimum Gasteiger partial charge on any atom is -0.294 e. The van der Waals surface area contributed by atoms with Crippen molar-refractivity contribution in [3.8, 4) is 0 Å². The first kappa shape index (κ1) is 9.21. The zero-order chi connectivity index (χ0) is 11.4. The predicted octanol–water partition coefficient (Wildman–Crippen LogP) is 2.06. The van der Waals surface area contributed by atoms with Crippen LogP contribution in [0.5, 0.6) is 0 Å². The molecule has 3 rings (SSSR count). The van der Waals surface area contributed by atoms with Crippen molar-refractivity contribution < 1.29 is 14.4 Å². The third kappa shape index (κ3) is 0.999. The molecular formula is C13H8O3. The van der Waals surface area contributed by atoms with Crippen molar-refractivity contribution in [2.24, 2.45) is 0 Å². The van der Waals surface area contributed by atoms with Crippen molar-refractivity contribution >= 4 is 22.9 Å². The molecule has 1 aromatic rings. The van der Waals surface area contributed by atoms with Gasteiger partial charge >= 0.3 is 0 Å². The second-order valence-electron chi connectivity index (χ2n) is 4.17. The van der Waals surface area contributed by atoms with Crippen LogP contribution in [0.15, 0.2) is 18.7 Å². The molecule has 0 amide bonds. The molecular weight excluding hydrogens is 204 g/mol. The zero-order valence-corrected chi connectivity index (χ0v) is 8.50. The summed E-state index contributed by atoms with van der Waals surface area (Å²) in [6, 6.07) is 3.20. The SMILES string of the molecule is C=C1CC(=O)c2cc3c(cc21)C(=O)CC3=O. The summed E-state index contributed by atoms with van der Waals surface area (Å²) >= 11 is 0. The summed E-state index contributed by atoms with van der Waals surface area (Å²) in [7, 11) is 0. The Kier molecular flexibility index (Phi) is 1.59. The van der Waals surface area contributed by atoms with Gasteiger partial charge in [0.2, 0.25) is 0 Å². The summed E-state index contributed by atoms with van der Waals surface area (Å²) in [5, 5.41) is 0. The number of carbonyl (C=O) groups is 3. The van der Waals surface area contributed by atoms with Crippen LogP contribution in [0.3, 0.4) is 0 Å². The maximum absolute atomic E-state index is 11.6. The van der Waals surface area contributed by atoms with Gasteiger partial charge in [0, 0.05) is 23.1 Å². The van der Waals surface area contributed by atoms with Crippen molar-refractivity contribution in [1.29, 1.82) is 0 Å². The molecule has 1 aromatic carbocycles. The van der Waals surface area contributed by atoms with Gasteiger partial charge in [0.15, 0.2) is 17.3 Å². The molecule has 2 aliphatic rings. The predicted molar refractivity (Wildman–Crippen MR) is 57.7 cm³/mol. The molecule has 3 nitrogen and oxygen atoms in total. The van der Waals surface area contributed by atoms with Crippen LogP contribution in [0.4, 0.5) is 0 Å². The van der Waals surface area contributed by atoms with Crippen LogP contribution < -0.4 is 0 Å². The monoisotopic (exact) mass is 212 g/mol. The Hall–Kier alpha value is -2.03. The van der Waals surface area contributed by atoms with Crippen LogP contribution in [0.25, 0.3) is 5.57 Å². The zero-order valence-electron chi connectivity index (χ0n) is 8.50. The molecule has 3 heteroatoms. The Balaban J connectivity index is 2.33. The molecule has 2 aliphatic carbocycles. The third-order valence-electron chi connectivity index (χ3n) is 3.13. The molecule has 0 unspecified atom stereocenters. The number of allylic oxidation sites excluding steroid dienone is 1.